The summed E-state index contributed by atoms with van der Waals surface area (Å²) in [6, 6.07) is 9.90. The molecule has 0 aliphatic carbocycles. The van der Waals surface area contributed by atoms with Gasteiger partial charge in [-0.05, 0) is 11.8 Å². The van der Waals surface area contributed by atoms with Crippen molar-refractivity contribution >= 4 is 23.4 Å². The van der Waals surface area contributed by atoms with Crippen LogP contribution in [0.1, 0.15) is 5.56 Å². The third-order valence-corrected chi connectivity index (χ3v) is 2.33. The maximum Gasteiger partial charge on any atom is 0.0718 e. The molecule has 4 heteroatoms. The van der Waals surface area contributed by atoms with Crippen molar-refractivity contribution in [3.05, 3.63) is 35.9 Å². The molecular weight excluding hydrogens is 232 g/mol. The number of alkyl halides is 1. The molecule has 0 atom stereocenters. The molecule has 0 saturated heterocycles. The van der Waals surface area contributed by atoms with Crippen LogP contribution in [0.5, 0.6) is 0 Å². The van der Waals surface area contributed by atoms with Gasteiger partial charge in [0.05, 0.1) is 25.0 Å². The lowest BCUT2D eigenvalue weighted by Crippen LogP contribution is -1.98. The number of thioether (sulfide) groups is 1. The van der Waals surface area contributed by atoms with Crippen molar-refractivity contribution in [1.82, 2.24) is 0 Å². The van der Waals surface area contributed by atoms with Crippen LogP contribution in [0, 0.1) is 0 Å². The third-order valence-electron chi connectivity index (χ3n) is 1.46. The molecule has 0 fully saturated rings. The summed E-state index contributed by atoms with van der Waals surface area (Å²) in [7, 11) is 0. The lowest BCUT2D eigenvalue weighted by atomic mass is 10.2. The topological polar surface area (TPSA) is 29.5 Å². The molecule has 1 aromatic rings. The predicted molar refractivity (Wildman–Crippen MR) is 67.4 cm³/mol. The number of hydrogen-bond acceptors (Lipinski definition) is 3. The van der Waals surface area contributed by atoms with E-state index in [1.165, 1.54) is 0 Å². The Bertz CT molecular complexity index is 217. The molecule has 0 bridgehead atoms. The Labute approximate surface area is 101 Å². The summed E-state index contributed by atoms with van der Waals surface area (Å²) in [6.45, 7) is 1.09. The van der Waals surface area contributed by atoms with E-state index in [9.17, 15) is 0 Å². The zero-order valence-electron chi connectivity index (χ0n) is 8.86. The van der Waals surface area contributed by atoms with Gasteiger partial charge in [-0.25, -0.2) is 0 Å². The van der Waals surface area contributed by atoms with Crippen LogP contribution >= 0.6 is 23.4 Å². The molecule has 0 saturated carbocycles. The van der Waals surface area contributed by atoms with Gasteiger partial charge in [0.1, 0.15) is 0 Å². The standard InChI is InChI=1S/C9H12O2.C2H5ClS/c10-6-7-11-8-9-4-2-1-3-5-9;1-4-2-3/h1-5,10H,6-8H2;2H2,1H3. The van der Waals surface area contributed by atoms with Crippen molar-refractivity contribution in [3.63, 3.8) is 0 Å². The fourth-order valence-electron chi connectivity index (χ4n) is 0.829. The van der Waals surface area contributed by atoms with E-state index in [4.69, 9.17) is 21.4 Å². The molecule has 0 heterocycles. The number of ether oxygens (including phenoxy) is 1. The second-order valence-corrected chi connectivity index (χ2v) is 4.11. The highest BCUT2D eigenvalue weighted by Crippen LogP contribution is 1.99. The molecule has 0 aliphatic rings. The van der Waals surface area contributed by atoms with Gasteiger partial charge in [0.25, 0.3) is 0 Å². The molecule has 1 rings (SSSR count). The Morgan fingerprint density at radius 1 is 1.33 bits per heavy atom. The molecule has 1 aromatic carbocycles. The van der Waals surface area contributed by atoms with Gasteiger partial charge in [-0.15, -0.1) is 23.4 Å². The van der Waals surface area contributed by atoms with Gasteiger partial charge in [-0.3, -0.25) is 0 Å². The molecule has 0 amide bonds. The summed E-state index contributed by atoms with van der Waals surface area (Å²) in [5, 5.41) is 9.13. The van der Waals surface area contributed by atoms with Crippen molar-refractivity contribution in [2.24, 2.45) is 0 Å². The van der Waals surface area contributed by atoms with E-state index >= 15 is 0 Å². The minimum atomic E-state index is 0.0901. The van der Waals surface area contributed by atoms with Crippen LogP contribution in [-0.4, -0.2) is 29.8 Å². The third kappa shape index (κ3) is 10.1. The van der Waals surface area contributed by atoms with Crippen molar-refractivity contribution in [1.29, 1.82) is 0 Å². The zero-order chi connectivity index (χ0) is 11.4. The number of aliphatic hydroxyl groups is 1. The number of aliphatic hydroxyl groups excluding tert-OH is 1. The van der Waals surface area contributed by atoms with Crippen molar-refractivity contribution in [3.8, 4) is 0 Å². The van der Waals surface area contributed by atoms with Gasteiger partial charge in [-0.2, -0.15) is 0 Å². The van der Waals surface area contributed by atoms with Crippen LogP contribution in [0.3, 0.4) is 0 Å². The molecule has 0 aliphatic heterocycles. The predicted octanol–water partition coefficient (Wildman–Crippen LogP) is 2.74. The summed E-state index contributed by atoms with van der Waals surface area (Å²) < 4.78 is 5.12. The molecule has 1 N–H and O–H groups in total. The van der Waals surface area contributed by atoms with Gasteiger partial charge in [-0.1, -0.05) is 30.3 Å². The fraction of sp³-hybridized carbons (Fsp3) is 0.455. The largest absolute Gasteiger partial charge is 0.394 e. The van der Waals surface area contributed by atoms with Crippen molar-refractivity contribution < 1.29 is 9.84 Å². The first-order valence-electron chi connectivity index (χ1n) is 4.62. The van der Waals surface area contributed by atoms with Crippen molar-refractivity contribution in [2.75, 3.05) is 24.7 Å². The first-order valence-corrected chi connectivity index (χ1v) is 6.55. The monoisotopic (exact) mass is 248 g/mol. The van der Waals surface area contributed by atoms with Crippen LogP contribution in [0.15, 0.2) is 30.3 Å². The lowest BCUT2D eigenvalue weighted by molar-refractivity contribution is 0.0815. The number of halogens is 1. The minimum Gasteiger partial charge on any atom is -0.394 e. The summed E-state index contributed by atoms with van der Waals surface area (Å²) in [5.41, 5.74) is 1.14. The first-order chi connectivity index (χ1) is 7.35. The molecule has 2 nitrogen and oxygen atoms in total. The number of hydrogen-bond donors (Lipinski definition) is 1. The quantitative estimate of drug-likeness (QED) is 0.642. The normalized spacial score (nSPS) is 9.27. The second-order valence-electron chi connectivity index (χ2n) is 2.66. The first kappa shape index (κ1) is 14.8. The van der Waals surface area contributed by atoms with E-state index < -0.39 is 0 Å². The van der Waals surface area contributed by atoms with Gasteiger partial charge in [0, 0.05) is 0 Å². The molecule has 0 radical (unpaired) electrons. The summed E-state index contributed by atoms with van der Waals surface area (Å²) >= 11 is 6.77. The van der Waals surface area contributed by atoms with E-state index in [-0.39, 0.29) is 6.61 Å². The maximum absolute atomic E-state index is 8.42. The molecule has 0 aromatic heterocycles. The zero-order valence-corrected chi connectivity index (χ0v) is 10.4. The summed E-state index contributed by atoms with van der Waals surface area (Å²) in [6.07, 6.45) is 1.97. The highest BCUT2D eigenvalue weighted by atomic mass is 35.5. The van der Waals surface area contributed by atoms with Crippen LogP contribution < -0.4 is 0 Å². The molecular formula is C11H17ClO2S. The van der Waals surface area contributed by atoms with E-state index in [0.29, 0.717) is 18.4 Å². The fourth-order valence-corrected chi connectivity index (χ4v) is 0.829. The Morgan fingerprint density at radius 2 is 1.93 bits per heavy atom. The second kappa shape index (κ2) is 11.9. The van der Waals surface area contributed by atoms with E-state index in [1.54, 1.807) is 11.8 Å². The lowest BCUT2D eigenvalue weighted by Gasteiger charge is -2.00. The molecule has 0 spiro atoms. The SMILES string of the molecule is CSCCl.OCCOCc1ccccc1. The van der Waals surface area contributed by atoms with Gasteiger partial charge in [0.15, 0.2) is 0 Å². The van der Waals surface area contributed by atoms with Crippen molar-refractivity contribution in [2.45, 2.75) is 6.61 Å². The number of benzene rings is 1. The van der Waals surface area contributed by atoms with E-state index in [2.05, 4.69) is 0 Å². The maximum atomic E-state index is 8.42. The van der Waals surface area contributed by atoms with Gasteiger partial charge < -0.3 is 9.84 Å². The van der Waals surface area contributed by atoms with Crippen LogP contribution in [0.4, 0.5) is 0 Å². The highest BCUT2D eigenvalue weighted by molar-refractivity contribution is 7.99. The van der Waals surface area contributed by atoms with E-state index in [1.807, 2.05) is 36.6 Å². The Kier molecular flexibility index (Phi) is 11.7. The average Bonchev–Trinajstić information content (AvgIpc) is 2.31. The molecule has 86 valence electrons. The van der Waals surface area contributed by atoms with Crippen LogP contribution in [0.2, 0.25) is 0 Å². The summed E-state index contributed by atoms with van der Waals surface area (Å²) in [5.74, 6) is 0. The van der Waals surface area contributed by atoms with Gasteiger partial charge >= 0.3 is 0 Å². The Balaban J connectivity index is 0.000000423. The van der Waals surface area contributed by atoms with Crippen LogP contribution in [-0.2, 0) is 11.3 Å². The number of rotatable bonds is 5. The van der Waals surface area contributed by atoms with Crippen LogP contribution in [0.25, 0.3) is 0 Å². The van der Waals surface area contributed by atoms with E-state index in [0.717, 1.165) is 5.56 Å². The average molecular weight is 249 g/mol. The van der Waals surface area contributed by atoms with Gasteiger partial charge in [0.2, 0.25) is 0 Å². The Morgan fingerprint density at radius 3 is 2.40 bits per heavy atom. The molecule has 15 heavy (non-hydrogen) atoms. The Hall–Kier alpha value is -0.220. The highest BCUT2D eigenvalue weighted by Gasteiger charge is 1.88. The summed E-state index contributed by atoms with van der Waals surface area (Å²) in [4.78, 5) is 0. The smallest absolute Gasteiger partial charge is 0.0718 e. The minimum absolute atomic E-state index is 0.0901. The molecule has 0 unspecified atom stereocenters.